The van der Waals surface area contributed by atoms with Crippen molar-refractivity contribution in [3.05, 3.63) is 60.0 Å². The van der Waals surface area contributed by atoms with E-state index in [2.05, 4.69) is 9.88 Å². The quantitative estimate of drug-likeness (QED) is 0.833. The van der Waals surface area contributed by atoms with Gasteiger partial charge >= 0.3 is 0 Å². The number of carbonyl (C=O) groups is 1. The minimum Gasteiger partial charge on any atom is -0.353 e. The number of pyridine rings is 1. The molecule has 0 aliphatic carbocycles. The molecule has 25 heavy (non-hydrogen) atoms. The smallest absolute Gasteiger partial charge is 0.236 e. The van der Waals surface area contributed by atoms with Crippen LogP contribution in [0.5, 0.6) is 0 Å². The molecule has 3 rings (SSSR count). The Morgan fingerprint density at radius 1 is 1.16 bits per heavy atom. The standard InChI is InChI=1S/C19H23FN4O/c1-22(14-16-5-4-6-17(20)13-16)15-19(25)24-11-9-23(10-12-24)18-7-2-3-8-21-18/h2-8,13H,9-12,14-15H2,1H3. The van der Waals surface area contributed by atoms with Crippen LogP contribution in [0.15, 0.2) is 48.7 Å². The van der Waals surface area contributed by atoms with Crippen LogP contribution in [0.3, 0.4) is 0 Å². The predicted octanol–water partition coefficient (Wildman–Crippen LogP) is 2.00. The number of piperazine rings is 1. The second-order valence-electron chi connectivity index (χ2n) is 6.36. The Bertz CT molecular complexity index is 702. The summed E-state index contributed by atoms with van der Waals surface area (Å²) >= 11 is 0. The van der Waals surface area contributed by atoms with Crippen LogP contribution in [0.25, 0.3) is 0 Å². The molecule has 1 aromatic heterocycles. The lowest BCUT2D eigenvalue weighted by molar-refractivity contribution is -0.132. The molecule has 1 aliphatic rings. The van der Waals surface area contributed by atoms with E-state index in [4.69, 9.17) is 0 Å². The van der Waals surface area contributed by atoms with E-state index < -0.39 is 0 Å². The summed E-state index contributed by atoms with van der Waals surface area (Å²) < 4.78 is 13.2. The fourth-order valence-electron chi connectivity index (χ4n) is 3.06. The largest absolute Gasteiger partial charge is 0.353 e. The maximum absolute atomic E-state index is 13.2. The maximum atomic E-state index is 13.2. The van der Waals surface area contributed by atoms with Crippen LogP contribution in [0.4, 0.5) is 10.2 Å². The molecule has 5 nitrogen and oxygen atoms in total. The molecule has 0 atom stereocenters. The second-order valence-corrected chi connectivity index (χ2v) is 6.36. The van der Waals surface area contributed by atoms with Crippen molar-refractivity contribution in [1.29, 1.82) is 0 Å². The fraction of sp³-hybridized carbons (Fsp3) is 0.368. The molecular formula is C19H23FN4O. The zero-order valence-electron chi connectivity index (χ0n) is 14.4. The van der Waals surface area contributed by atoms with Gasteiger partial charge in [0.15, 0.2) is 0 Å². The summed E-state index contributed by atoms with van der Waals surface area (Å²) in [6.07, 6.45) is 1.79. The van der Waals surface area contributed by atoms with E-state index in [0.29, 0.717) is 26.2 Å². The van der Waals surface area contributed by atoms with Gasteiger partial charge in [0.25, 0.3) is 0 Å². The highest BCUT2D eigenvalue weighted by Gasteiger charge is 2.22. The molecular weight excluding hydrogens is 319 g/mol. The van der Waals surface area contributed by atoms with E-state index in [1.165, 1.54) is 12.1 Å². The summed E-state index contributed by atoms with van der Waals surface area (Å²) in [7, 11) is 1.88. The van der Waals surface area contributed by atoms with Gasteiger partial charge in [0, 0.05) is 38.9 Å². The second kappa shape index (κ2) is 8.07. The Kier molecular flexibility index (Phi) is 5.60. The predicted molar refractivity (Wildman–Crippen MR) is 95.8 cm³/mol. The third-order valence-electron chi connectivity index (χ3n) is 4.35. The molecule has 0 spiro atoms. The number of hydrogen-bond acceptors (Lipinski definition) is 4. The maximum Gasteiger partial charge on any atom is 0.236 e. The third-order valence-corrected chi connectivity index (χ3v) is 4.35. The van der Waals surface area contributed by atoms with Crippen LogP contribution >= 0.6 is 0 Å². The van der Waals surface area contributed by atoms with Crippen molar-refractivity contribution in [2.45, 2.75) is 6.54 Å². The molecule has 0 radical (unpaired) electrons. The van der Waals surface area contributed by atoms with Crippen molar-refractivity contribution < 1.29 is 9.18 Å². The van der Waals surface area contributed by atoms with Crippen LogP contribution in [0, 0.1) is 5.82 Å². The van der Waals surface area contributed by atoms with Gasteiger partial charge in [-0.25, -0.2) is 9.37 Å². The van der Waals surface area contributed by atoms with Crippen LogP contribution in [-0.2, 0) is 11.3 Å². The van der Waals surface area contributed by atoms with Crippen molar-refractivity contribution in [3.63, 3.8) is 0 Å². The number of aromatic nitrogens is 1. The number of benzene rings is 1. The minimum atomic E-state index is -0.247. The highest BCUT2D eigenvalue weighted by atomic mass is 19.1. The minimum absolute atomic E-state index is 0.111. The normalized spacial score (nSPS) is 14.8. The lowest BCUT2D eigenvalue weighted by atomic mass is 10.2. The molecule has 1 aromatic carbocycles. The fourth-order valence-corrected chi connectivity index (χ4v) is 3.06. The van der Waals surface area contributed by atoms with Gasteiger partial charge in [0.1, 0.15) is 11.6 Å². The molecule has 0 bridgehead atoms. The zero-order chi connectivity index (χ0) is 17.6. The van der Waals surface area contributed by atoms with E-state index in [1.54, 1.807) is 12.3 Å². The number of nitrogens with zero attached hydrogens (tertiary/aromatic N) is 4. The molecule has 2 aromatic rings. The lowest BCUT2D eigenvalue weighted by Crippen LogP contribution is -2.51. The highest BCUT2D eigenvalue weighted by molar-refractivity contribution is 5.78. The lowest BCUT2D eigenvalue weighted by Gasteiger charge is -2.36. The Hall–Kier alpha value is -2.47. The van der Waals surface area contributed by atoms with Crippen LogP contribution in [0.1, 0.15) is 5.56 Å². The average Bonchev–Trinajstić information content (AvgIpc) is 2.62. The number of carbonyl (C=O) groups excluding carboxylic acids is 1. The summed E-state index contributed by atoms with van der Waals surface area (Å²) in [6, 6.07) is 12.4. The molecule has 1 aliphatic heterocycles. The van der Waals surface area contributed by atoms with E-state index in [-0.39, 0.29) is 11.7 Å². The Morgan fingerprint density at radius 2 is 1.96 bits per heavy atom. The molecule has 0 unspecified atom stereocenters. The van der Waals surface area contributed by atoms with Gasteiger partial charge in [-0.1, -0.05) is 18.2 Å². The molecule has 132 valence electrons. The van der Waals surface area contributed by atoms with Crippen molar-refractivity contribution in [2.75, 3.05) is 44.7 Å². The number of rotatable bonds is 5. The van der Waals surface area contributed by atoms with Crippen LogP contribution in [0.2, 0.25) is 0 Å². The van der Waals surface area contributed by atoms with Gasteiger partial charge < -0.3 is 9.80 Å². The van der Waals surface area contributed by atoms with Crippen molar-refractivity contribution >= 4 is 11.7 Å². The monoisotopic (exact) mass is 342 g/mol. The summed E-state index contributed by atoms with van der Waals surface area (Å²) in [5.41, 5.74) is 0.871. The van der Waals surface area contributed by atoms with E-state index in [0.717, 1.165) is 24.5 Å². The van der Waals surface area contributed by atoms with Gasteiger partial charge in [0.2, 0.25) is 5.91 Å². The van der Waals surface area contributed by atoms with Gasteiger partial charge in [-0.15, -0.1) is 0 Å². The first-order valence-electron chi connectivity index (χ1n) is 8.48. The summed E-state index contributed by atoms with van der Waals surface area (Å²) in [4.78, 5) is 22.8. The van der Waals surface area contributed by atoms with E-state index in [1.807, 2.05) is 41.1 Å². The molecule has 2 heterocycles. The number of hydrogen-bond donors (Lipinski definition) is 0. The number of likely N-dealkylation sites (N-methyl/N-ethyl adjacent to an activating group) is 1. The van der Waals surface area contributed by atoms with E-state index in [9.17, 15) is 9.18 Å². The first kappa shape index (κ1) is 17.4. The van der Waals surface area contributed by atoms with Crippen molar-refractivity contribution in [2.24, 2.45) is 0 Å². The van der Waals surface area contributed by atoms with Crippen molar-refractivity contribution in [3.8, 4) is 0 Å². The molecule has 1 amide bonds. The molecule has 1 saturated heterocycles. The number of halogens is 1. The highest BCUT2D eigenvalue weighted by Crippen LogP contribution is 2.13. The van der Waals surface area contributed by atoms with Crippen molar-refractivity contribution in [1.82, 2.24) is 14.8 Å². The van der Waals surface area contributed by atoms with Crippen LogP contribution < -0.4 is 4.90 Å². The van der Waals surface area contributed by atoms with Gasteiger partial charge in [-0.3, -0.25) is 9.69 Å². The first-order valence-corrected chi connectivity index (χ1v) is 8.48. The van der Waals surface area contributed by atoms with Gasteiger partial charge in [0.05, 0.1) is 6.54 Å². The Balaban J connectivity index is 1.47. The average molecular weight is 342 g/mol. The molecule has 0 N–H and O–H groups in total. The Labute approximate surface area is 147 Å². The number of amides is 1. The summed E-state index contributed by atoms with van der Waals surface area (Å²) in [6.45, 7) is 3.86. The topological polar surface area (TPSA) is 39.7 Å². The molecule has 6 heteroatoms. The van der Waals surface area contributed by atoms with Crippen LogP contribution in [-0.4, -0.2) is 60.5 Å². The summed E-state index contributed by atoms with van der Waals surface area (Å²) in [5.74, 6) is 0.820. The Morgan fingerprint density at radius 3 is 2.64 bits per heavy atom. The first-order chi connectivity index (χ1) is 12.1. The molecule has 0 saturated carbocycles. The van der Waals surface area contributed by atoms with Gasteiger partial charge in [-0.05, 0) is 36.9 Å². The molecule has 1 fully saturated rings. The third kappa shape index (κ3) is 4.76. The SMILES string of the molecule is CN(CC(=O)N1CCN(c2ccccn2)CC1)Cc1cccc(F)c1. The van der Waals surface area contributed by atoms with E-state index >= 15 is 0 Å². The summed E-state index contributed by atoms with van der Waals surface area (Å²) in [5, 5.41) is 0. The zero-order valence-corrected chi connectivity index (χ0v) is 14.4. The number of anilines is 1. The van der Waals surface area contributed by atoms with Gasteiger partial charge in [-0.2, -0.15) is 0 Å².